The first-order chi connectivity index (χ1) is 16.3. The van der Waals surface area contributed by atoms with Crippen LogP contribution in [-0.4, -0.2) is 51.3 Å². The molecular formula is C23H26ClF2N5O3. The molecule has 4 fully saturated rings. The molecule has 6 rings (SSSR count). The second-order valence-corrected chi connectivity index (χ2v) is 10.0. The van der Waals surface area contributed by atoms with Gasteiger partial charge in [0.1, 0.15) is 17.9 Å². The van der Waals surface area contributed by atoms with Crippen molar-refractivity contribution in [2.75, 3.05) is 16.4 Å². The van der Waals surface area contributed by atoms with E-state index in [2.05, 4.69) is 20.6 Å². The van der Waals surface area contributed by atoms with Gasteiger partial charge < -0.3 is 30.9 Å². The normalized spacial score (nSPS) is 33.3. The Morgan fingerprint density at radius 1 is 1.00 bits per heavy atom. The molecule has 182 valence electrons. The molecule has 1 spiro atoms. The minimum absolute atomic E-state index is 0.00942. The van der Waals surface area contributed by atoms with E-state index in [4.69, 9.17) is 26.8 Å². The second kappa shape index (κ2) is 8.15. The molecule has 0 radical (unpaired) electrons. The molecule has 1 saturated heterocycles. The van der Waals surface area contributed by atoms with Crippen molar-refractivity contribution in [2.45, 2.75) is 80.6 Å². The fourth-order valence-electron chi connectivity index (χ4n) is 5.56. The number of nitrogens with one attached hydrogen (secondary N) is 2. The fraction of sp³-hybridized carbons (Fsp3) is 0.565. The molecule has 2 heterocycles. The van der Waals surface area contributed by atoms with Crippen LogP contribution in [0.3, 0.4) is 0 Å². The predicted octanol–water partition coefficient (Wildman–Crippen LogP) is 3.56. The van der Waals surface area contributed by atoms with Crippen LogP contribution >= 0.6 is 11.6 Å². The molecule has 3 saturated carbocycles. The molecule has 1 unspecified atom stereocenters. The number of nitrogens with zero attached hydrogens (tertiary/aromatic N) is 2. The van der Waals surface area contributed by atoms with Crippen molar-refractivity contribution in [3.63, 3.8) is 0 Å². The number of rotatable bonds is 5. The molecule has 34 heavy (non-hydrogen) atoms. The third kappa shape index (κ3) is 3.86. The van der Waals surface area contributed by atoms with Crippen LogP contribution in [0.25, 0.3) is 0 Å². The Morgan fingerprint density at radius 3 is 2.38 bits per heavy atom. The van der Waals surface area contributed by atoms with Gasteiger partial charge in [-0.05, 0) is 55.0 Å². The Hall–Kier alpha value is -2.27. The van der Waals surface area contributed by atoms with E-state index < -0.39 is 29.6 Å². The first kappa shape index (κ1) is 22.2. The molecule has 1 aliphatic heterocycles. The van der Waals surface area contributed by atoms with Crippen LogP contribution < -0.4 is 16.4 Å². The van der Waals surface area contributed by atoms with Gasteiger partial charge >= 0.3 is 0 Å². The van der Waals surface area contributed by atoms with Crippen LogP contribution in [0.5, 0.6) is 0 Å². The zero-order valence-corrected chi connectivity index (χ0v) is 19.1. The third-order valence-electron chi connectivity index (χ3n) is 7.39. The van der Waals surface area contributed by atoms with E-state index in [1.165, 1.54) is 6.07 Å². The highest BCUT2D eigenvalue weighted by Crippen LogP contribution is 2.48. The summed E-state index contributed by atoms with van der Waals surface area (Å²) in [5.41, 5.74) is 7.36. The van der Waals surface area contributed by atoms with Crippen molar-refractivity contribution in [3.8, 4) is 0 Å². The van der Waals surface area contributed by atoms with Gasteiger partial charge in [0, 0.05) is 24.8 Å². The monoisotopic (exact) mass is 493 g/mol. The van der Waals surface area contributed by atoms with Crippen molar-refractivity contribution in [1.29, 1.82) is 0 Å². The van der Waals surface area contributed by atoms with Crippen molar-refractivity contribution in [2.24, 2.45) is 0 Å². The van der Waals surface area contributed by atoms with Gasteiger partial charge in [0.15, 0.2) is 29.1 Å². The Labute approximate surface area is 200 Å². The number of fused-ring (bicyclic) bond motifs is 1. The van der Waals surface area contributed by atoms with Crippen LogP contribution in [0.4, 0.5) is 26.1 Å². The van der Waals surface area contributed by atoms with Crippen LogP contribution in [0.2, 0.25) is 5.28 Å². The summed E-state index contributed by atoms with van der Waals surface area (Å²) in [6.07, 6.45) is 3.53. The zero-order valence-electron chi connectivity index (χ0n) is 18.3. The summed E-state index contributed by atoms with van der Waals surface area (Å²) < 4.78 is 39.3. The molecule has 5 N–H and O–H groups in total. The van der Waals surface area contributed by atoms with Gasteiger partial charge in [0.25, 0.3) is 0 Å². The highest BCUT2D eigenvalue weighted by atomic mass is 35.5. The van der Waals surface area contributed by atoms with Crippen LogP contribution in [0.15, 0.2) is 18.2 Å². The van der Waals surface area contributed by atoms with Crippen molar-refractivity contribution >= 4 is 28.9 Å². The molecule has 8 nitrogen and oxygen atoms in total. The molecule has 4 aliphatic rings. The number of hydrogen-bond donors (Lipinski definition) is 4. The van der Waals surface area contributed by atoms with E-state index in [0.717, 1.165) is 38.2 Å². The van der Waals surface area contributed by atoms with Crippen molar-refractivity contribution in [1.82, 2.24) is 9.97 Å². The minimum atomic E-state index is -0.869. The number of aliphatic hydroxyl groups excluding tert-OH is 1. The maximum absolute atomic E-state index is 13.6. The molecule has 1 aromatic carbocycles. The van der Waals surface area contributed by atoms with Crippen LogP contribution in [0, 0.1) is 11.6 Å². The van der Waals surface area contributed by atoms with E-state index in [0.29, 0.717) is 23.6 Å². The van der Waals surface area contributed by atoms with Crippen molar-refractivity contribution in [3.05, 3.63) is 40.7 Å². The van der Waals surface area contributed by atoms with Gasteiger partial charge in [-0.1, -0.05) is 6.07 Å². The number of hydrogen-bond acceptors (Lipinski definition) is 8. The third-order valence-corrected chi connectivity index (χ3v) is 7.56. The minimum Gasteiger partial charge on any atom is -0.393 e. The number of ether oxygens (including phenoxy) is 2. The second-order valence-electron chi connectivity index (χ2n) is 9.71. The molecule has 1 aromatic heterocycles. The maximum atomic E-state index is 13.6. The Bertz CT molecular complexity index is 1120. The Balaban J connectivity index is 1.17. The number of nitrogen functional groups attached to an aromatic ring is 1. The lowest BCUT2D eigenvalue weighted by molar-refractivity contribution is -0.183. The average Bonchev–Trinajstić information content (AvgIpc) is 3.12. The van der Waals surface area contributed by atoms with Gasteiger partial charge in [0.05, 0.1) is 12.1 Å². The van der Waals surface area contributed by atoms with E-state index in [-0.39, 0.29) is 35.1 Å². The van der Waals surface area contributed by atoms with Gasteiger partial charge in [-0.3, -0.25) is 0 Å². The van der Waals surface area contributed by atoms with E-state index >= 15 is 0 Å². The van der Waals surface area contributed by atoms with E-state index in [9.17, 15) is 13.9 Å². The van der Waals surface area contributed by atoms with Gasteiger partial charge in [-0.2, -0.15) is 9.97 Å². The zero-order chi connectivity index (χ0) is 23.6. The summed E-state index contributed by atoms with van der Waals surface area (Å²) in [7, 11) is 0. The summed E-state index contributed by atoms with van der Waals surface area (Å²) in [5, 5.41) is 17.1. The number of aromatic nitrogens is 2. The van der Waals surface area contributed by atoms with Gasteiger partial charge in [0.2, 0.25) is 5.28 Å². The molecule has 0 bridgehead atoms. The number of halogens is 3. The molecule has 3 aliphatic carbocycles. The highest BCUT2D eigenvalue weighted by molar-refractivity contribution is 6.28. The lowest BCUT2D eigenvalue weighted by atomic mass is 10.1. The quantitative estimate of drug-likeness (QED) is 0.467. The predicted molar refractivity (Wildman–Crippen MR) is 122 cm³/mol. The Morgan fingerprint density at radius 2 is 1.68 bits per heavy atom. The number of nitrogens with two attached hydrogens (primary N) is 1. The van der Waals surface area contributed by atoms with Crippen LogP contribution in [0.1, 0.15) is 50.0 Å². The largest absolute Gasteiger partial charge is 0.393 e. The molecular weight excluding hydrogens is 468 g/mol. The molecule has 2 aromatic rings. The summed E-state index contributed by atoms with van der Waals surface area (Å²) >= 11 is 6.19. The number of anilines is 3. The summed E-state index contributed by atoms with van der Waals surface area (Å²) in [6, 6.07) is 3.63. The molecule has 6 atom stereocenters. The van der Waals surface area contributed by atoms with Gasteiger partial charge in [-0.15, -0.1) is 0 Å². The summed E-state index contributed by atoms with van der Waals surface area (Å²) in [4.78, 5) is 8.49. The average molecular weight is 494 g/mol. The summed E-state index contributed by atoms with van der Waals surface area (Å²) in [5.74, 6) is -1.61. The number of benzene rings is 1. The smallest absolute Gasteiger partial charge is 0.226 e. The van der Waals surface area contributed by atoms with Crippen molar-refractivity contribution < 1.29 is 23.4 Å². The highest BCUT2D eigenvalue weighted by Gasteiger charge is 2.57. The maximum Gasteiger partial charge on any atom is 0.226 e. The van der Waals surface area contributed by atoms with Gasteiger partial charge in [-0.25, -0.2) is 8.78 Å². The molecule has 0 amide bonds. The lowest BCUT2D eigenvalue weighted by Crippen LogP contribution is -2.35. The van der Waals surface area contributed by atoms with Crippen LogP contribution in [-0.2, 0) is 9.47 Å². The standard InChI is InChI=1S/C23H26ClF2N5O3/c24-22-30-20(28-14-8-11(14)10-3-4-12(25)13(26)7-10)17(27)21(31-22)29-15-9-16(32)19-18(15)33-23(34-19)5-1-2-6-23/h3-4,7,11,14-16,18-19,32H,1-2,5-6,8-9,27H2,(H2,28,29,30,31)/t11-,14+,15?,16-,18-,19+/m0/s1. The first-order valence-electron chi connectivity index (χ1n) is 11.7. The molecule has 11 heteroatoms. The number of aliphatic hydroxyl groups is 1. The van der Waals surface area contributed by atoms with E-state index in [1.807, 2.05) is 0 Å². The lowest BCUT2D eigenvalue weighted by Gasteiger charge is -2.26. The first-order valence-corrected chi connectivity index (χ1v) is 12.0. The fourth-order valence-corrected chi connectivity index (χ4v) is 5.73. The van der Waals surface area contributed by atoms with E-state index in [1.54, 1.807) is 6.07 Å². The Kier molecular flexibility index (Phi) is 5.32. The topological polar surface area (TPSA) is 115 Å². The summed E-state index contributed by atoms with van der Waals surface area (Å²) in [6.45, 7) is 0. The SMILES string of the molecule is Nc1c(NC2C[C@H](O)[C@H]3OC4(CCCC4)O[C@@H]23)nc(Cl)nc1N[C@@H]1C[C@H]1c1ccc(F)c(F)c1.